The van der Waals surface area contributed by atoms with Gasteiger partial charge in [0, 0.05) is 10.6 Å². The number of rotatable bonds is 7. The van der Waals surface area contributed by atoms with Crippen molar-refractivity contribution in [3.05, 3.63) is 98.3 Å². The third-order valence-corrected chi connectivity index (χ3v) is 5.82. The summed E-state index contributed by atoms with van der Waals surface area (Å²) in [4.78, 5) is 25.6. The summed E-state index contributed by atoms with van der Waals surface area (Å²) in [6.07, 6.45) is 0. The molecule has 4 rings (SSSR count). The molecule has 166 valence electrons. The Morgan fingerprint density at radius 3 is 2.76 bits per heavy atom. The third-order valence-electron chi connectivity index (χ3n) is 4.85. The van der Waals surface area contributed by atoms with Crippen LogP contribution in [0.5, 0.6) is 5.75 Å². The van der Waals surface area contributed by atoms with E-state index in [-0.39, 0.29) is 24.5 Å². The lowest BCUT2D eigenvalue weighted by Crippen LogP contribution is -2.47. The molecular formula is C24H18ClN3O4S. The minimum atomic E-state index is -0.819. The van der Waals surface area contributed by atoms with Crippen molar-refractivity contribution in [2.24, 2.45) is 0 Å². The Morgan fingerprint density at radius 1 is 1.15 bits per heavy atom. The van der Waals surface area contributed by atoms with Gasteiger partial charge in [0.2, 0.25) is 0 Å². The molecule has 1 atom stereocenters. The van der Waals surface area contributed by atoms with Gasteiger partial charge >= 0.3 is 12.0 Å². The highest BCUT2D eigenvalue weighted by molar-refractivity contribution is 7.07. The summed E-state index contributed by atoms with van der Waals surface area (Å²) in [5, 5.41) is 19.0. The zero-order valence-electron chi connectivity index (χ0n) is 17.2. The van der Waals surface area contributed by atoms with E-state index in [1.54, 1.807) is 48.5 Å². The summed E-state index contributed by atoms with van der Waals surface area (Å²) in [6.45, 7) is -0.00173. The molecule has 1 unspecified atom stereocenters. The highest BCUT2D eigenvalue weighted by Crippen LogP contribution is 2.29. The smallest absolute Gasteiger partial charge is 0.338 e. The van der Waals surface area contributed by atoms with E-state index in [1.165, 1.54) is 11.3 Å². The maximum atomic E-state index is 13.2. The van der Waals surface area contributed by atoms with E-state index in [4.69, 9.17) is 21.1 Å². The zero-order valence-corrected chi connectivity index (χ0v) is 18.8. The van der Waals surface area contributed by atoms with Gasteiger partial charge in [0.25, 0.3) is 0 Å². The summed E-state index contributed by atoms with van der Waals surface area (Å²) in [5.41, 5.74) is 2.31. The van der Waals surface area contributed by atoms with Crippen molar-refractivity contribution in [1.29, 1.82) is 5.26 Å². The van der Waals surface area contributed by atoms with Gasteiger partial charge in [-0.1, -0.05) is 29.8 Å². The Balaban J connectivity index is 1.68. The second-order valence-corrected chi connectivity index (χ2v) is 8.33. The van der Waals surface area contributed by atoms with Crippen LogP contribution in [0.1, 0.15) is 22.7 Å². The molecule has 1 aliphatic rings. The van der Waals surface area contributed by atoms with Gasteiger partial charge in [0.05, 0.1) is 28.9 Å². The van der Waals surface area contributed by atoms with E-state index in [0.29, 0.717) is 21.9 Å². The summed E-state index contributed by atoms with van der Waals surface area (Å²) < 4.78 is 11.3. The first-order valence-electron chi connectivity index (χ1n) is 9.90. The first-order valence-corrected chi connectivity index (χ1v) is 11.2. The number of urea groups is 1. The monoisotopic (exact) mass is 479 g/mol. The molecular weight excluding hydrogens is 462 g/mol. The minimum absolute atomic E-state index is 0.0904. The molecule has 0 bridgehead atoms. The van der Waals surface area contributed by atoms with Crippen molar-refractivity contribution in [1.82, 2.24) is 10.6 Å². The fourth-order valence-electron chi connectivity index (χ4n) is 3.32. The molecule has 2 aromatic carbocycles. The van der Waals surface area contributed by atoms with Crippen LogP contribution < -0.4 is 15.4 Å². The molecule has 0 fully saturated rings. The van der Waals surface area contributed by atoms with Crippen molar-refractivity contribution in [2.75, 3.05) is 6.61 Å². The van der Waals surface area contributed by atoms with Crippen molar-refractivity contribution >= 4 is 34.9 Å². The van der Waals surface area contributed by atoms with Gasteiger partial charge in [-0.05, 0) is 52.7 Å². The highest BCUT2D eigenvalue weighted by atomic mass is 35.5. The van der Waals surface area contributed by atoms with Crippen LogP contribution in [-0.4, -0.2) is 18.6 Å². The maximum Gasteiger partial charge on any atom is 0.338 e. The van der Waals surface area contributed by atoms with Crippen LogP contribution in [0.2, 0.25) is 5.02 Å². The van der Waals surface area contributed by atoms with Crippen LogP contribution in [-0.2, 0) is 16.1 Å². The number of nitriles is 1. The molecule has 3 aromatic rings. The molecule has 33 heavy (non-hydrogen) atoms. The molecule has 0 radical (unpaired) electrons. The fourth-order valence-corrected chi connectivity index (χ4v) is 4.16. The normalized spacial score (nSPS) is 15.3. The van der Waals surface area contributed by atoms with Crippen molar-refractivity contribution in [2.45, 2.75) is 12.6 Å². The number of benzene rings is 2. The fraction of sp³-hybridized carbons (Fsp3) is 0.125. The predicted molar refractivity (Wildman–Crippen MR) is 124 cm³/mol. The van der Waals surface area contributed by atoms with Crippen molar-refractivity contribution < 1.29 is 19.1 Å². The number of nitrogens with zero attached hydrogens (tertiary/aromatic N) is 1. The predicted octanol–water partition coefficient (Wildman–Crippen LogP) is 4.70. The van der Waals surface area contributed by atoms with E-state index in [9.17, 15) is 14.9 Å². The van der Waals surface area contributed by atoms with Gasteiger partial charge in [-0.25, -0.2) is 9.59 Å². The third kappa shape index (κ3) is 5.52. The average molecular weight is 480 g/mol. The number of hydrogen-bond acceptors (Lipinski definition) is 6. The quantitative estimate of drug-likeness (QED) is 0.478. The minimum Gasteiger partial charge on any atom is -0.487 e. The number of carbonyl (C=O) groups is 2. The largest absolute Gasteiger partial charge is 0.487 e. The van der Waals surface area contributed by atoms with E-state index < -0.39 is 18.0 Å². The van der Waals surface area contributed by atoms with Gasteiger partial charge < -0.3 is 20.1 Å². The number of esters is 1. The van der Waals surface area contributed by atoms with Gasteiger partial charge in [0.15, 0.2) is 0 Å². The Bertz CT molecular complexity index is 1250. The van der Waals surface area contributed by atoms with Crippen molar-refractivity contribution in [3.63, 3.8) is 0 Å². The van der Waals surface area contributed by atoms with Gasteiger partial charge in [-0.2, -0.15) is 16.6 Å². The number of thiophene rings is 1. The Morgan fingerprint density at radius 2 is 2.00 bits per heavy atom. The maximum absolute atomic E-state index is 13.2. The van der Waals surface area contributed by atoms with Crippen LogP contribution in [0.3, 0.4) is 0 Å². The molecule has 1 aliphatic heterocycles. The Hall–Kier alpha value is -3.80. The lowest BCUT2D eigenvalue weighted by atomic mass is 9.94. The molecule has 2 amide bonds. The number of ether oxygens (including phenoxy) is 2. The molecule has 1 aromatic heterocycles. The molecule has 7 nitrogen and oxygen atoms in total. The second-order valence-electron chi connectivity index (χ2n) is 7.11. The summed E-state index contributed by atoms with van der Waals surface area (Å²) in [5.74, 6) is -0.123. The Labute approximate surface area is 199 Å². The molecule has 9 heteroatoms. The van der Waals surface area contributed by atoms with Crippen LogP contribution >= 0.6 is 22.9 Å². The average Bonchev–Trinajstić information content (AvgIpc) is 3.34. The molecule has 0 spiro atoms. The number of hydrogen-bond donors (Lipinski definition) is 2. The molecule has 2 heterocycles. The first-order chi connectivity index (χ1) is 16.0. The standard InChI is InChI=1S/C24H18ClN3O4S/c25-18-5-2-6-19(10-18)31-13-20-21(23(29)32-12-16-7-8-33-14-16)22(28-24(30)27-20)17-4-1-3-15(9-17)11-26/h1-10,14,22H,12-13H2,(H2,27,28,30). The van der Waals surface area contributed by atoms with E-state index in [2.05, 4.69) is 16.7 Å². The molecule has 0 saturated heterocycles. The lowest BCUT2D eigenvalue weighted by Gasteiger charge is -2.29. The molecule has 2 N–H and O–H groups in total. The summed E-state index contributed by atoms with van der Waals surface area (Å²) in [7, 11) is 0. The SMILES string of the molecule is N#Cc1cccc(C2NC(=O)NC(COc3cccc(Cl)c3)=C2C(=O)OCc2ccsc2)c1. The van der Waals surface area contributed by atoms with Gasteiger partial charge in [-0.3, -0.25) is 0 Å². The zero-order chi connectivity index (χ0) is 23.2. The molecule has 0 aliphatic carbocycles. The number of halogens is 1. The number of nitrogens with one attached hydrogen (secondary N) is 2. The molecule has 0 saturated carbocycles. The van der Waals surface area contributed by atoms with E-state index in [1.807, 2.05) is 16.8 Å². The first kappa shape index (κ1) is 22.4. The topological polar surface area (TPSA) is 100 Å². The van der Waals surface area contributed by atoms with Crippen LogP contribution in [0.25, 0.3) is 0 Å². The summed E-state index contributed by atoms with van der Waals surface area (Å²) >= 11 is 7.52. The van der Waals surface area contributed by atoms with Crippen LogP contribution in [0, 0.1) is 11.3 Å². The van der Waals surface area contributed by atoms with Crippen LogP contribution in [0.4, 0.5) is 4.79 Å². The highest BCUT2D eigenvalue weighted by Gasteiger charge is 2.34. The van der Waals surface area contributed by atoms with E-state index in [0.717, 1.165) is 5.56 Å². The van der Waals surface area contributed by atoms with Gasteiger partial charge in [-0.15, -0.1) is 0 Å². The lowest BCUT2D eigenvalue weighted by molar-refractivity contribution is -0.140. The number of amides is 2. The second kappa shape index (κ2) is 10.2. The number of carbonyl (C=O) groups excluding carboxylic acids is 2. The van der Waals surface area contributed by atoms with E-state index >= 15 is 0 Å². The summed E-state index contributed by atoms with van der Waals surface area (Å²) in [6, 6.07) is 16.1. The van der Waals surface area contributed by atoms with Crippen LogP contribution in [0.15, 0.2) is 76.6 Å². The Kier molecular flexibility index (Phi) is 6.93. The van der Waals surface area contributed by atoms with Gasteiger partial charge in [0.1, 0.15) is 19.0 Å². The van der Waals surface area contributed by atoms with Crippen molar-refractivity contribution in [3.8, 4) is 11.8 Å².